The number of hydrogen-bond donors (Lipinski definition) is 1. The molecule has 1 atom stereocenters. The van der Waals surface area contributed by atoms with Gasteiger partial charge in [0.2, 0.25) is 11.8 Å². The first-order valence-corrected chi connectivity index (χ1v) is 9.00. The number of rotatable bonds is 6. The van der Waals surface area contributed by atoms with Crippen LogP contribution in [0.15, 0.2) is 47.5 Å². The van der Waals surface area contributed by atoms with Gasteiger partial charge in [0, 0.05) is 30.9 Å². The molecule has 0 unspecified atom stereocenters. The molecule has 1 aliphatic heterocycles. The summed E-state index contributed by atoms with van der Waals surface area (Å²) in [5.41, 5.74) is 0.735. The number of amides is 2. The minimum absolute atomic E-state index is 0.0468. The summed E-state index contributed by atoms with van der Waals surface area (Å²) in [6.45, 7) is 0.170. The third-order valence-corrected chi connectivity index (χ3v) is 4.63. The molecule has 1 aromatic carbocycles. The predicted molar refractivity (Wildman–Crippen MR) is 96.4 cm³/mol. The van der Waals surface area contributed by atoms with Crippen molar-refractivity contribution in [1.29, 1.82) is 0 Å². The molecular weight excluding hydrogens is 379 g/mol. The molecule has 0 aliphatic carbocycles. The number of hydrogen-bond acceptors (Lipinski definition) is 7. The van der Waals surface area contributed by atoms with Crippen molar-refractivity contribution in [2.24, 2.45) is 0 Å². The van der Waals surface area contributed by atoms with E-state index in [9.17, 15) is 14.0 Å². The Morgan fingerprint density at radius 2 is 2.07 bits per heavy atom. The molecule has 10 heteroatoms. The second-order valence-corrected chi connectivity index (χ2v) is 6.53. The molecule has 0 bridgehead atoms. The van der Waals surface area contributed by atoms with E-state index in [0.717, 1.165) is 0 Å². The van der Waals surface area contributed by atoms with Crippen LogP contribution >= 0.6 is 0 Å². The monoisotopic (exact) mass is 396 g/mol. The highest BCUT2D eigenvalue weighted by Gasteiger charge is 2.36. The molecule has 2 aromatic heterocycles. The van der Waals surface area contributed by atoms with E-state index in [2.05, 4.69) is 25.4 Å². The lowest BCUT2D eigenvalue weighted by atomic mass is 10.1. The van der Waals surface area contributed by atoms with Crippen molar-refractivity contribution in [1.82, 2.24) is 30.3 Å². The zero-order valence-electron chi connectivity index (χ0n) is 15.3. The van der Waals surface area contributed by atoms with E-state index in [-0.39, 0.29) is 42.4 Å². The van der Waals surface area contributed by atoms with Crippen LogP contribution in [0, 0.1) is 5.82 Å². The van der Waals surface area contributed by atoms with Crippen LogP contribution in [0.25, 0.3) is 0 Å². The summed E-state index contributed by atoms with van der Waals surface area (Å²) < 4.78 is 19.3. The Bertz CT molecular complexity index is 1030. The number of likely N-dealkylation sites (tertiary alicyclic amines) is 1. The molecule has 0 radical (unpaired) electrons. The van der Waals surface area contributed by atoms with Gasteiger partial charge in [0.05, 0.1) is 12.1 Å². The molecule has 29 heavy (non-hydrogen) atoms. The summed E-state index contributed by atoms with van der Waals surface area (Å²) in [6.07, 6.45) is 4.95. The Kier molecular flexibility index (Phi) is 5.23. The Hall–Kier alpha value is -3.69. The van der Waals surface area contributed by atoms with Crippen molar-refractivity contribution in [2.75, 3.05) is 0 Å². The van der Waals surface area contributed by atoms with Crippen LogP contribution in [0.2, 0.25) is 0 Å². The maximum atomic E-state index is 14.0. The van der Waals surface area contributed by atoms with Gasteiger partial charge < -0.3 is 14.7 Å². The first kappa shape index (κ1) is 18.7. The summed E-state index contributed by atoms with van der Waals surface area (Å²) in [5.74, 6) is -0.302. The summed E-state index contributed by atoms with van der Waals surface area (Å²) in [4.78, 5) is 37.7. The Labute approximate surface area is 165 Å². The largest absolute Gasteiger partial charge is 0.345 e. The predicted octanol–water partition coefficient (Wildman–Crippen LogP) is 1.79. The second-order valence-electron chi connectivity index (χ2n) is 6.53. The molecule has 1 aliphatic rings. The van der Waals surface area contributed by atoms with Crippen molar-refractivity contribution >= 4 is 11.8 Å². The number of carbonyl (C=O) groups is 2. The molecule has 4 rings (SSSR count). The summed E-state index contributed by atoms with van der Waals surface area (Å²) >= 11 is 0. The third-order valence-electron chi connectivity index (χ3n) is 4.63. The maximum absolute atomic E-state index is 14.0. The van der Waals surface area contributed by atoms with E-state index < -0.39 is 6.04 Å². The number of nitrogens with zero attached hydrogens (tertiary/aromatic N) is 5. The molecule has 1 N–H and O–H groups in total. The van der Waals surface area contributed by atoms with Gasteiger partial charge in [-0.2, -0.15) is 4.98 Å². The van der Waals surface area contributed by atoms with Gasteiger partial charge in [0.15, 0.2) is 5.82 Å². The summed E-state index contributed by atoms with van der Waals surface area (Å²) in [6, 6.07) is 5.89. The van der Waals surface area contributed by atoms with Crippen molar-refractivity contribution in [2.45, 2.75) is 32.0 Å². The van der Waals surface area contributed by atoms with Crippen LogP contribution in [0.4, 0.5) is 4.39 Å². The molecule has 9 nitrogen and oxygen atoms in total. The number of nitrogens with one attached hydrogen (secondary N) is 1. The quantitative estimate of drug-likeness (QED) is 0.676. The van der Waals surface area contributed by atoms with Gasteiger partial charge in [-0.05, 0) is 12.5 Å². The average Bonchev–Trinajstić information content (AvgIpc) is 3.35. The van der Waals surface area contributed by atoms with E-state index in [1.54, 1.807) is 18.2 Å². The van der Waals surface area contributed by atoms with Crippen LogP contribution in [0.1, 0.15) is 46.5 Å². The minimum atomic E-state index is -0.429. The van der Waals surface area contributed by atoms with E-state index in [0.29, 0.717) is 24.0 Å². The molecule has 3 aromatic rings. The van der Waals surface area contributed by atoms with Crippen molar-refractivity contribution < 1.29 is 18.5 Å². The maximum Gasteiger partial charge on any atom is 0.254 e. The zero-order valence-corrected chi connectivity index (χ0v) is 15.3. The number of benzene rings is 1. The standard InChI is InChI=1S/C19H17FN6O3/c20-14-4-2-1-3-12(14)10-26-15(5-6-17(26)27)19-24-16(25-29-19)9-23-18(28)13-7-21-11-22-8-13/h1-4,7-8,11,15H,5-6,9-10H2,(H,23,28)/t15-/m0/s1. The lowest BCUT2D eigenvalue weighted by Gasteiger charge is -2.22. The van der Waals surface area contributed by atoms with Crippen LogP contribution < -0.4 is 5.32 Å². The van der Waals surface area contributed by atoms with E-state index >= 15 is 0 Å². The van der Waals surface area contributed by atoms with Gasteiger partial charge >= 0.3 is 0 Å². The number of aromatic nitrogens is 4. The smallest absolute Gasteiger partial charge is 0.254 e. The molecule has 0 saturated carbocycles. The number of carbonyl (C=O) groups excluding carboxylic acids is 2. The molecule has 3 heterocycles. The fourth-order valence-corrected chi connectivity index (χ4v) is 3.15. The zero-order chi connectivity index (χ0) is 20.2. The average molecular weight is 396 g/mol. The SMILES string of the molecule is O=C(NCc1noc([C@@H]2CCC(=O)N2Cc2ccccc2F)n1)c1cncnc1. The molecule has 1 fully saturated rings. The van der Waals surface area contributed by atoms with E-state index in [4.69, 9.17) is 4.52 Å². The minimum Gasteiger partial charge on any atom is -0.345 e. The highest BCUT2D eigenvalue weighted by atomic mass is 19.1. The summed E-state index contributed by atoms with van der Waals surface area (Å²) in [7, 11) is 0. The van der Waals surface area contributed by atoms with Crippen LogP contribution in [0.3, 0.4) is 0 Å². The Balaban J connectivity index is 1.43. The Morgan fingerprint density at radius 1 is 1.28 bits per heavy atom. The van der Waals surface area contributed by atoms with E-state index in [1.807, 2.05) is 0 Å². The van der Waals surface area contributed by atoms with Gasteiger partial charge in [0.1, 0.15) is 18.2 Å². The highest BCUT2D eigenvalue weighted by molar-refractivity contribution is 5.93. The van der Waals surface area contributed by atoms with Crippen molar-refractivity contribution in [3.05, 3.63) is 71.6 Å². The molecule has 0 spiro atoms. The normalized spacial score (nSPS) is 16.2. The lowest BCUT2D eigenvalue weighted by molar-refractivity contribution is -0.130. The summed E-state index contributed by atoms with van der Waals surface area (Å²) in [5, 5.41) is 6.52. The fourth-order valence-electron chi connectivity index (χ4n) is 3.15. The second kappa shape index (κ2) is 8.13. The van der Waals surface area contributed by atoms with Gasteiger partial charge in [-0.15, -0.1) is 0 Å². The van der Waals surface area contributed by atoms with E-state index in [1.165, 1.54) is 29.7 Å². The van der Waals surface area contributed by atoms with Gasteiger partial charge in [-0.1, -0.05) is 23.4 Å². The van der Waals surface area contributed by atoms with Crippen LogP contribution in [-0.2, 0) is 17.9 Å². The number of halogens is 1. The van der Waals surface area contributed by atoms with Crippen molar-refractivity contribution in [3.8, 4) is 0 Å². The topological polar surface area (TPSA) is 114 Å². The first-order chi connectivity index (χ1) is 14.1. The van der Waals surface area contributed by atoms with Crippen molar-refractivity contribution in [3.63, 3.8) is 0 Å². The van der Waals surface area contributed by atoms with Crippen LogP contribution in [0.5, 0.6) is 0 Å². The first-order valence-electron chi connectivity index (χ1n) is 9.00. The molecule has 1 saturated heterocycles. The van der Waals surface area contributed by atoms with Gasteiger partial charge in [-0.3, -0.25) is 9.59 Å². The van der Waals surface area contributed by atoms with Crippen LogP contribution in [-0.4, -0.2) is 36.8 Å². The highest BCUT2D eigenvalue weighted by Crippen LogP contribution is 2.33. The van der Waals surface area contributed by atoms with Gasteiger partial charge in [0.25, 0.3) is 5.91 Å². The molecule has 2 amide bonds. The third kappa shape index (κ3) is 4.10. The van der Waals surface area contributed by atoms with Gasteiger partial charge in [-0.25, -0.2) is 14.4 Å². The molecule has 148 valence electrons. The fraction of sp³-hybridized carbons (Fsp3) is 0.263. The molecular formula is C19H17FN6O3. The lowest BCUT2D eigenvalue weighted by Crippen LogP contribution is -2.28. The Morgan fingerprint density at radius 3 is 2.86 bits per heavy atom.